The first kappa shape index (κ1) is 18.7. The van der Waals surface area contributed by atoms with Gasteiger partial charge in [0.1, 0.15) is 0 Å². The minimum Gasteiger partial charge on any atom is -0.505 e. The number of hydrogen-bond acceptors (Lipinski definition) is 4. The molecule has 5 heteroatoms. The van der Waals surface area contributed by atoms with Gasteiger partial charge in [0, 0.05) is 11.8 Å². The normalized spacial score (nSPS) is 45.2. The number of rotatable bonds is 2. The summed E-state index contributed by atoms with van der Waals surface area (Å²) in [5, 5.41) is 30.4. The van der Waals surface area contributed by atoms with Gasteiger partial charge in [-0.3, -0.25) is 4.79 Å². The van der Waals surface area contributed by atoms with Crippen molar-refractivity contribution in [3.8, 4) is 0 Å². The lowest BCUT2D eigenvalue weighted by Crippen LogP contribution is -2.53. The fraction of sp³-hybridized carbons (Fsp3) is 0.773. The van der Waals surface area contributed by atoms with Gasteiger partial charge in [0.05, 0.1) is 6.10 Å². The Bertz CT molecular complexity index is 749. The van der Waals surface area contributed by atoms with Crippen LogP contribution in [-0.2, 0) is 4.79 Å². The third kappa shape index (κ3) is 2.52. The zero-order valence-corrected chi connectivity index (χ0v) is 16.4. The smallest absolute Gasteiger partial charge is 0.387 e. The lowest BCUT2D eigenvalue weighted by atomic mass is 9.46. The first-order valence-corrected chi connectivity index (χ1v) is 10.5. The van der Waals surface area contributed by atoms with Crippen molar-refractivity contribution in [2.75, 3.05) is 0 Å². The lowest BCUT2D eigenvalue weighted by Gasteiger charge is -2.58. The Kier molecular flexibility index (Phi) is 4.46. The Morgan fingerprint density at radius 3 is 2.74 bits per heavy atom. The second-order valence-electron chi connectivity index (χ2n) is 9.60. The molecule has 0 radical (unpaired) electrons. The van der Waals surface area contributed by atoms with Crippen LogP contribution in [0, 0.1) is 39.9 Å². The molecular weight excluding hydrogens is 340 g/mol. The topological polar surface area (TPSA) is 85.7 Å². The molecule has 0 aliphatic heterocycles. The van der Waals surface area contributed by atoms with Crippen LogP contribution in [0.25, 0.3) is 4.98 Å². The first-order valence-electron chi connectivity index (χ1n) is 10.5. The van der Waals surface area contributed by atoms with Gasteiger partial charge in [0.15, 0.2) is 16.5 Å². The van der Waals surface area contributed by atoms with E-state index in [0.717, 1.165) is 44.9 Å². The van der Waals surface area contributed by atoms with Crippen molar-refractivity contribution >= 4 is 5.78 Å². The number of hydrogen-bond donors (Lipinski definition) is 2. The summed E-state index contributed by atoms with van der Waals surface area (Å²) in [6, 6.07) is 0. The summed E-state index contributed by atoms with van der Waals surface area (Å²) in [5.74, 6) is 1.71. The number of carbonyl (C=O) groups excluding carboxylic acids is 1. The zero-order chi connectivity index (χ0) is 19.4. The van der Waals surface area contributed by atoms with Crippen LogP contribution in [0.2, 0.25) is 0 Å². The molecule has 4 aliphatic carbocycles. The van der Waals surface area contributed by atoms with Crippen molar-refractivity contribution in [2.45, 2.75) is 71.3 Å². The zero-order valence-electron chi connectivity index (χ0n) is 16.4. The molecule has 0 unspecified atom stereocenters. The van der Waals surface area contributed by atoms with Crippen molar-refractivity contribution in [2.24, 2.45) is 34.5 Å². The van der Waals surface area contributed by atoms with Gasteiger partial charge in [0.2, 0.25) is 5.39 Å². The molecule has 0 aromatic heterocycles. The van der Waals surface area contributed by atoms with Gasteiger partial charge >= 0.3 is 6.20 Å². The highest BCUT2D eigenvalue weighted by atomic mass is 16.3. The number of aliphatic hydroxyl groups is 2. The molecule has 5 nitrogen and oxygen atoms in total. The predicted octanol–water partition coefficient (Wildman–Crippen LogP) is 4.75. The van der Waals surface area contributed by atoms with Crippen molar-refractivity contribution in [1.29, 1.82) is 5.39 Å². The van der Waals surface area contributed by atoms with Crippen molar-refractivity contribution < 1.29 is 15.0 Å². The summed E-state index contributed by atoms with van der Waals surface area (Å²) < 4.78 is 0. The van der Waals surface area contributed by atoms with E-state index < -0.39 is 11.5 Å². The summed E-state index contributed by atoms with van der Waals surface area (Å²) >= 11 is 0. The van der Waals surface area contributed by atoms with E-state index in [1.165, 1.54) is 11.8 Å². The Morgan fingerprint density at radius 2 is 2.04 bits per heavy atom. The van der Waals surface area contributed by atoms with E-state index in [0.29, 0.717) is 24.2 Å². The fourth-order valence-corrected chi connectivity index (χ4v) is 7.63. The SMILES string of the molecule is C[C@@H](O)[C@H]1CC[C@H]2[C@@H]3CCC4=CC(=O)CC[C@]4(C)[C@H]3CC[C@]12/C(O)=C/[N+]#N. The number of fused-ring (bicyclic) bond motifs is 5. The van der Waals surface area contributed by atoms with E-state index in [1.807, 2.05) is 13.0 Å². The summed E-state index contributed by atoms with van der Waals surface area (Å²) in [6.07, 6.45) is 9.87. The molecular formula is C22H31N2O3+. The van der Waals surface area contributed by atoms with Crippen LogP contribution in [0.5, 0.6) is 0 Å². The average molecular weight is 372 g/mol. The van der Waals surface area contributed by atoms with Gasteiger partial charge in [-0.2, -0.15) is 0 Å². The molecule has 0 amide bonds. The van der Waals surface area contributed by atoms with E-state index >= 15 is 0 Å². The van der Waals surface area contributed by atoms with Crippen LogP contribution in [0.4, 0.5) is 0 Å². The van der Waals surface area contributed by atoms with Crippen LogP contribution < -0.4 is 0 Å². The molecule has 0 heterocycles. The number of allylic oxidation sites excluding steroid dienone is 2. The van der Waals surface area contributed by atoms with Gasteiger partial charge in [-0.1, -0.05) is 12.5 Å². The Hall–Kier alpha value is -1.67. The largest absolute Gasteiger partial charge is 0.505 e. The van der Waals surface area contributed by atoms with Crippen LogP contribution >= 0.6 is 0 Å². The second-order valence-corrected chi connectivity index (χ2v) is 9.60. The molecule has 4 rings (SSSR count). The average Bonchev–Trinajstić information content (AvgIpc) is 3.03. The molecule has 0 saturated heterocycles. The molecule has 3 saturated carbocycles. The maximum atomic E-state index is 12.0. The maximum absolute atomic E-state index is 12.0. The third-order valence-corrected chi connectivity index (χ3v) is 8.78. The van der Waals surface area contributed by atoms with Gasteiger partial charge in [-0.15, -0.1) is 0 Å². The third-order valence-electron chi connectivity index (χ3n) is 8.78. The monoisotopic (exact) mass is 371 g/mol. The molecule has 4 aliphatic rings. The number of carbonyl (C=O) groups is 1. The molecule has 146 valence electrons. The van der Waals surface area contributed by atoms with Crippen molar-refractivity contribution in [1.82, 2.24) is 0 Å². The minimum atomic E-state index is -0.497. The predicted molar refractivity (Wildman–Crippen MR) is 102 cm³/mol. The van der Waals surface area contributed by atoms with Gasteiger partial charge < -0.3 is 10.2 Å². The van der Waals surface area contributed by atoms with Gasteiger partial charge in [0.25, 0.3) is 0 Å². The summed E-state index contributed by atoms with van der Waals surface area (Å²) in [7, 11) is 0. The lowest BCUT2D eigenvalue weighted by molar-refractivity contribution is -0.118. The van der Waals surface area contributed by atoms with Crippen LogP contribution in [-0.4, -0.2) is 22.1 Å². The van der Waals surface area contributed by atoms with E-state index in [-0.39, 0.29) is 22.9 Å². The maximum Gasteiger partial charge on any atom is 0.387 e. The Labute approximate surface area is 161 Å². The number of aliphatic hydroxyl groups excluding tert-OH is 2. The van der Waals surface area contributed by atoms with Crippen molar-refractivity contribution in [3.05, 3.63) is 28.6 Å². The first-order chi connectivity index (χ1) is 12.8. The van der Waals surface area contributed by atoms with Gasteiger partial charge in [-0.05, 0) is 87.0 Å². The standard InChI is InChI=1S/C22H30N2O3/c1-13(25)17-5-6-19-16-4-3-14-11-15(26)7-9-21(14,2)18(16)8-10-22(17,19)20(27)12-24-23/h11-13,16-19,25H,3-10H2,1-2H3/p+1/b20-12-/t13-,16-,17-,18+,19+,21+,22+/m1/s1. The van der Waals surface area contributed by atoms with E-state index in [4.69, 9.17) is 5.39 Å². The fourth-order valence-electron chi connectivity index (χ4n) is 7.63. The van der Waals surface area contributed by atoms with Gasteiger partial charge in [-0.25, -0.2) is 0 Å². The molecule has 0 spiro atoms. The molecule has 3 fully saturated rings. The second kappa shape index (κ2) is 6.44. The Morgan fingerprint density at radius 1 is 1.26 bits per heavy atom. The van der Waals surface area contributed by atoms with Crippen LogP contribution in [0.3, 0.4) is 0 Å². The highest BCUT2D eigenvalue weighted by molar-refractivity contribution is 5.91. The molecule has 27 heavy (non-hydrogen) atoms. The molecule has 7 atom stereocenters. The van der Waals surface area contributed by atoms with E-state index in [2.05, 4.69) is 11.9 Å². The highest BCUT2D eigenvalue weighted by Gasteiger charge is 2.63. The summed E-state index contributed by atoms with van der Waals surface area (Å²) in [5.41, 5.74) is 0.943. The van der Waals surface area contributed by atoms with E-state index in [1.54, 1.807) is 0 Å². The highest BCUT2D eigenvalue weighted by Crippen LogP contribution is 2.68. The van der Waals surface area contributed by atoms with Crippen LogP contribution in [0.1, 0.15) is 65.2 Å². The molecule has 0 aromatic carbocycles. The Balaban J connectivity index is 1.74. The minimum absolute atomic E-state index is 0.000807. The molecule has 2 N–H and O–H groups in total. The number of nitrogens with zero attached hydrogens (tertiary/aromatic N) is 2. The number of ketones is 1. The van der Waals surface area contributed by atoms with Crippen molar-refractivity contribution in [3.63, 3.8) is 0 Å². The van der Waals surface area contributed by atoms with E-state index in [9.17, 15) is 15.0 Å². The van der Waals surface area contributed by atoms with Crippen LogP contribution in [0.15, 0.2) is 23.6 Å². The quantitative estimate of drug-likeness (QED) is 0.542. The molecule has 0 bridgehead atoms. The number of diazo groups is 1. The summed E-state index contributed by atoms with van der Waals surface area (Å²) in [6.45, 7) is 4.16. The summed E-state index contributed by atoms with van der Waals surface area (Å²) in [4.78, 5) is 15.1. The molecule has 0 aromatic rings.